The molecule has 0 fully saturated rings. The molecule has 0 aliphatic carbocycles. The predicted molar refractivity (Wildman–Crippen MR) is 65.5 cm³/mol. The van der Waals surface area contributed by atoms with Crippen LogP contribution in [0.4, 0.5) is 5.69 Å². The van der Waals surface area contributed by atoms with Gasteiger partial charge in [0.1, 0.15) is 0 Å². The summed E-state index contributed by atoms with van der Waals surface area (Å²) in [6, 6.07) is 7.57. The largest absolute Gasteiger partial charge is 0.478 e. The van der Waals surface area contributed by atoms with Gasteiger partial charge in [0.05, 0.1) is 11.3 Å². The lowest BCUT2D eigenvalue weighted by molar-refractivity contribution is 0.0698. The molecule has 2 rings (SSSR count). The molecule has 90 valence electrons. The lowest BCUT2D eigenvalue weighted by Gasteiger charge is -2.07. The molecule has 0 spiro atoms. The van der Waals surface area contributed by atoms with Gasteiger partial charge >= 0.3 is 5.97 Å². The molecule has 1 heterocycles. The number of ketones is 1. The second kappa shape index (κ2) is 4.67. The van der Waals surface area contributed by atoms with Gasteiger partial charge in [0.15, 0.2) is 5.78 Å². The molecule has 1 aromatic carbocycles. The van der Waals surface area contributed by atoms with Gasteiger partial charge in [-0.25, -0.2) is 4.79 Å². The van der Waals surface area contributed by atoms with Crippen molar-refractivity contribution in [2.45, 2.75) is 0 Å². The third-order valence-corrected chi connectivity index (χ3v) is 2.50. The summed E-state index contributed by atoms with van der Waals surface area (Å²) in [6.45, 7) is 0. The van der Waals surface area contributed by atoms with Gasteiger partial charge < -0.3 is 10.8 Å². The Labute approximate surface area is 103 Å². The summed E-state index contributed by atoms with van der Waals surface area (Å²) < 4.78 is 0. The fourth-order valence-corrected chi connectivity index (χ4v) is 1.60. The number of para-hydroxylation sites is 1. The first-order chi connectivity index (χ1) is 8.61. The lowest BCUT2D eigenvalue weighted by Crippen LogP contribution is -2.10. The third-order valence-electron chi connectivity index (χ3n) is 2.50. The molecule has 18 heavy (non-hydrogen) atoms. The highest BCUT2D eigenvalue weighted by Crippen LogP contribution is 2.20. The Morgan fingerprint density at radius 3 is 2.44 bits per heavy atom. The molecule has 0 radical (unpaired) electrons. The van der Waals surface area contributed by atoms with Crippen LogP contribution in [0.25, 0.3) is 0 Å². The summed E-state index contributed by atoms with van der Waals surface area (Å²) in [6.07, 6.45) is 2.96. The van der Waals surface area contributed by atoms with Crippen molar-refractivity contribution in [3.63, 3.8) is 0 Å². The minimum Gasteiger partial charge on any atom is -0.478 e. The number of aromatic carboxylic acids is 1. The molecule has 1 aromatic heterocycles. The van der Waals surface area contributed by atoms with Crippen LogP contribution in [-0.4, -0.2) is 21.8 Å². The average Bonchev–Trinajstić information content (AvgIpc) is 2.39. The summed E-state index contributed by atoms with van der Waals surface area (Å²) >= 11 is 0. The van der Waals surface area contributed by atoms with Crippen LogP contribution in [0, 0.1) is 0 Å². The molecule has 5 heteroatoms. The van der Waals surface area contributed by atoms with Crippen LogP contribution in [0.3, 0.4) is 0 Å². The van der Waals surface area contributed by atoms with Crippen molar-refractivity contribution in [3.05, 3.63) is 59.4 Å². The first-order valence-electron chi connectivity index (χ1n) is 5.17. The Balaban J connectivity index is 2.50. The molecule has 0 aliphatic rings. The zero-order valence-corrected chi connectivity index (χ0v) is 9.33. The number of benzene rings is 1. The predicted octanol–water partition coefficient (Wildman–Crippen LogP) is 1.59. The molecule has 2 aromatic rings. The van der Waals surface area contributed by atoms with E-state index in [2.05, 4.69) is 4.98 Å². The van der Waals surface area contributed by atoms with Gasteiger partial charge in [0.2, 0.25) is 0 Å². The monoisotopic (exact) mass is 242 g/mol. The molecular weight excluding hydrogens is 232 g/mol. The molecule has 3 N–H and O–H groups in total. The van der Waals surface area contributed by atoms with Crippen molar-refractivity contribution in [1.82, 2.24) is 4.98 Å². The Morgan fingerprint density at radius 1 is 1.11 bits per heavy atom. The van der Waals surface area contributed by atoms with E-state index >= 15 is 0 Å². The highest BCUT2D eigenvalue weighted by Gasteiger charge is 2.17. The summed E-state index contributed by atoms with van der Waals surface area (Å²) in [5, 5.41) is 8.94. The van der Waals surface area contributed by atoms with Gasteiger partial charge in [-0.05, 0) is 24.3 Å². The van der Waals surface area contributed by atoms with E-state index in [-0.39, 0.29) is 22.6 Å². The Kier molecular flexibility index (Phi) is 3.05. The third kappa shape index (κ3) is 2.06. The maximum atomic E-state index is 12.1. The van der Waals surface area contributed by atoms with Crippen LogP contribution in [0.1, 0.15) is 26.3 Å². The summed E-state index contributed by atoms with van der Waals surface area (Å²) in [5.41, 5.74) is 6.13. The fraction of sp³-hybridized carbons (Fsp3) is 0. The zero-order valence-electron chi connectivity index (χ0n) is 9.33. The van der Waals surface area contributed by atoms with E-state index in [0.717, 1.165) is 0 Å². The summed E-state index contributed by atoms with van der Waals surface area (Å²) in [5.74, 6) is -1.50. The fourth-order valence-electron chi connectivity index (χ4n) is 1.60. The number of aromatic nitrogens is 1. The van der Waals surface area contributed by atoms with Crippen molar-refractivity contribution >= 4 is 17.4 Å². The van der Waals surface area contributed by atoms with Gasteiger partial charge in [-0.3, -0.25) is 9.78 Å². The van der Waals surface area contributed by atoms with Gasteiger partial charge in [-0.15, -0.1) is 0 Å². The molecule has 0 unspecified atom stereocenters. The molecule has 0 atom stereocenters. The second-order valence-electron chi connectivity index (χ2n) is 3.64. The van der Waals surface area contributed by atoms with Gasteiger partial charge in [0.25, 0.3) is 0 Å². The van der Waals surface area contributed by atoms with Crippen LogP contribution >= 0.6 is 0 Å². The maximum Gasteiger partial charge on any atom is 0.337 e. The van der Waals surface area contributed by atoms with Crippen LogP contribution in [0.15, 0.2) is 42.7 Å². The number of nitrogens with zero attached hydrogens (tertiary/aromatic N) is 1. The topological polar surface area (TPSA) is 93.3 Å². The molecule has 0 saturated carbocycles. The number of anilines is 1. The molecule has 0 bridgehead atoms. The van der Waals surface area contributed by atoms with E-state index in [1.54, 1.807) is 18.3 Å². The normalized spacial score (nSPS) is 10.0. The first kappa shape index (κ1) is 11.8. The van der Waals surface area contributed by atoms with Gasteiger partial charge in [-0.2, -0.15) is 0 Å². The highest BCUT2D eigenvalue weighted by atomic mass is 16.4. The van der Waals surface area contributed by atoms with Crippen molar-refractivity contribution in [1.29, 1.82) is 0 Å². The lowest BCUT2D eigenvalue weighted by atomic mass is 10.00. The number of hydrogen-bond acceptors (Lipinski definition) is 4. The highest BCUT2D eigenvalue weighted by molar-refractivity contribution is 6.14. The standard InChI is InChI=1S/C13H10N2O3/c14-11-9(4-1-5-10(11)13(17)18)12(16)8-3-2-6-15-7-8/h1-7H,14H2,(H,17,18). The molecule has 0 amide bonds. The van der Waals surface area contributed by atoms with E-state index < -0.39 is 5.97 Å². The number of pyridine rings is 1. The number of carboxylic acids is 1. The van der Waals surface area contributed by atoms with E-state index in [1.807, 2.05) is 0 Å². The van der Waals surface area contributed by atoms with Crippen LogP contribution in [0.5, 0.6) is 0 Å². The van der Waals surface area contributed by atoms with Crippen molar-refractivity contribution in [2.24, 2.45) is 0 Å². The SMILES string of the molecule is Nc1c(C(=O)O)cccc1C(=O)c1cccnc1. The van der Waals surface area contributed by atoms with Crippen LogP contribution in [0.2, 0.25) is 0 Å². The Bertz CT molecular complexity index is 609. The number of hydrogen-bond donors (Lipinski definition) is 2. The van der Waals surface area contributed by atoms with E-state index in [1.165, 1.54) is 24.4 Å². The van der Waals surface area contributed by atoms with Crippen LogP contribution < -0.4 is 5.73 Å². The van der Waals surface area contributed by atoms with E-state index in [9.17, 15) is 9.59 Å². The van der Waals surface area contributed by atoms with E-state index in [4.69, 9.17) is 10.8 Å². The molecular formula is C13H10N2O3. The van der Waals surface area contributed by atoms with Crippen molar-refractivity contribution in [2.75, 3.05) is 5.73 Å². The first-order valence-corrected chi connectivity index (χ1v) is 5.17. The number of nitrogen functional groups attached to an aromatic ring is 1. The quantitative estimate of drug-likeness (QED) is 0.629. The molecule has 0 saturated heterocycles. The molecule has 0 aliphatic heterocycles. The number of carbonyl (C=O) groups excluding carboxylic acids is 1. The summed E-state index contributed by atoms with van der Waals surface area (Å²) in [7, 11) is 0. The molecule has 5 nitrogen and oxygen atoms in total. The number of rotatable bonds is 3. The van der Waals surface area contributed by atoms with Gasteiger partial charge in [-0.1, -0.05) is 6.07 Å². The smallest absolute Gasteiger partial charge is 0.337 e. The summed E-state index contributed by atoms with van der Waals surface area (Å²) in [4.78, 5) is 26.9. The number of nitrogens with two attached hydrogens (primary N) is 1. The van der Waals surface area contributed by atoms with E-state index in [0.29, 0.717) is 5.56 Å². The van der Waals surface area contributed by atoms with Crippen molar-refractivity contribution < 1.29 is 14.7 Å². The van der Waals surface area contributed by atoms with Gasteiger partial charge in [0, 0.05) is 23.5 Å². The second-order valence-corrected chi connectivity index (χ2v) is 3.64. The maximum absolute atomic E-state index is 12.1. The average molecular weight is 242 g/mol. The van der Waals surface area contributed by atoms with Crippen molar-refractivity contribution in [3.8, 4) is 0 Å². The minimum atomic E-state index is -1.16. The Hall–Kier alpha value is -2.69. The number of carboxylic acid groups (broad SMARTS) is 1. The zero-order chi connectivity index (χ0) is 13.1. The number of carbonyl (C=O) groups is 2. The van der Waals surface area contributed by atoms with Crippen LogP contribution in [-0.2, 0) is 0 Å². The minimum absolute atomic E-state index is 0.0288. The Morgan fingerprint density at radius 2 is 1.83 bits per heavy atom.